The Morgan fingerprint density at radius 1 is 1.32 bits per heavy atom. The maximum atomic E-state index is 11.9. The van der Waals surface area contributed by atoms with Gasteiger partial charge in [0.15, 0.2) is 0 Å². The summed E-state index contributed by atoms with van der Waals surface area (Å²) in [5, 5.41) is 0. The number of nitrogens with two attached hydrogens (primary N) is 1. The average molecular weight is 285 g/mol. The van der Waals surface area contributed by atoms with Crippen LogP contribution in [0.2, 0.25) is 0 Å². The van der Waals surface area contributed by atoms with Crippen molar-refractivity contribution in [3.8, 4) is 0 Å². The summed E-state index contributed by atoms with van der Waals surface area (Å²) in [5.74, 6) is 0.0930. The normalized spacial score (nSPS) is 12.6. The first-order valence-corrected chi connectivity index (χ1v) is 8.06. The number of nitrogens with one attached hydrogen (secondary N) is 1. The lowest BCUT2D eigenvalue weighted by atomic mass is 9.90. The molecule has 0 radical (unpaired) electrons. The molecule has 1 heterocycles. The van der Waals surface area contributed by atoms with E-state index in [2.05, 4.69) is 9.71 Å². The first kappa shape index (κ1) is 16.1. The van der Waals surface area contributed by atoms with E-state index in [9.17, 15) is 8.42 Å². The molecule has 0 spiro atoms. The second kappa shape index (κ2) is 6.98. The number of sulfonamides is 1. The third-order valence-corrected chi connectivity index (χ3v) is 4.33. The third kappa shape index (κ3) is 6.66. The van der Waals surface area contributed by atoms with E-state index >= 15 is 0 Å². The second-order valence-corrected chi connectivity index (χ2v) is 7.37. The molecule has 0 amide bonds. The highest BCUT2D eigenvalue weighted by molar-refractivity contribution is 7.89. The molecule has 1 aromatic heterocycles. The minimum atomic E-state index is -3.24. The molecule has 0 saturated heterocycles. The molecule has 0 saturated carbocycles. The Morgan fingerprint density at radius 3 is 2.53 bits per heavy atom. The first-order chi connectivity index (χ1) is 8.85. The molecule has 0 bridgehead atoms. The molecule has 0 aliphatic carbocycles. The highest BCUT2D eigenvalue weighted by Crippen LogP contribution is 2.18. The van der Waals surface area contributed by atoms with Crippen molar-refractivity contribution in [2.45, 2.75) is 26.7 Å². The molecule has 0 aliphatic heterocycles. The smallest absolute Gasteiger partial charge is 0.211 e. The molecule has 1 aromatic rings. The van der Waals surface area contributed by atoms with Crippen LogP contribution in [0.4, 0.5) is 0 Å². The van der Waals surface area contributed by atoms with Gasteiger partial charge in [-0.15, -0.1) is 0 Å². The van der Waals surface area contributed by atoms with Crippen LogP contribution in [0, 0.1) is 5.41 Å². The fourth-order valence-corrected chi connectivity index (χ4v) is 2.92. The Kier molecular flexibility index (Phi) is 5.90. The number of nitrogens with zero attached hydrogens (tertiary/aromatic N) is 1. The molecule has 0 fully saturated rings. The number of pyridine rings is 1. The fourth-order valence-electron chi connectivity index (χ4n) is 1.66. The van der Waals surface area contributed by atoms with Crippen LogP contribution < -0.4 is 10.5 Å². The van der Waals surface area contributed by atoms with Crippen LogP contribution in [-0.2, 0) is 16.4 Å². The van der Waals surface area contributed by atoms with E-state index in [-0.39, 0.29) is 11.2 Å². The summed E-state index contributed by atoms with van der Waals surface area (Å²) in [6.45, 7) is 4.99. The molecule has 3 N–H and O–H groups in total. The van der Waals surface area contributed by atoms with Gasteiger partial charge in [0.05, 0.1) is 5.75 Å². The van der Waals surface area contributed by atoms with Crippen molar-refractivity contribution < 1.29 is 8.42 Å². The number of rotatable bonds is 8. The Labute approximate surface area is 115 Å². The van der Waals surface area contributed by atoms with Crippen LogP contribution in [0.5, 0.6) is 0 Å². The largest absolute Gasteiger partial charge is 0.330 e. The van der Waals surface area contributed by atoms with Gasteiger partial charge in [0, 0.05) is 18.9 Å². The highest BCUT2D eigenvalue weighted by atomic mass is 32.2. The predicted molar refractivity (Wildman–Crippen MR) is 77.2 cm³/mol. The first-order valence-electron chi connectivity index (χ1n) is 6.41. The summed E-state index contributed by atoms with van der Waals surface area (Å²) < 4.78 is 26.4. The third-order valence-electron chi connectivity index (χ3n) is 3.00. The van der Waals surface area contributed by atoms with Gasteiger partial charge in [0.2, 0.25) is 10.0 Å². The minimum absolute atomic E-state index is 0.0930. The molecular formula is C13H23N3O2S. The molecule has 0 unspecified atom stereocenters. The highest BCUT2D eigenvalue weighted by Gasteiger charge is 2.20. The van der Waals surface area contributed by atoms with Gasteiger partial charge in [-0.2, -0.15) is 0 Å². The Bertz CT molecular complexity index is 472. The Balaban J connectivity index is 2.44. The summed E-state index contributed by atoms with van der Waals surface area (Å²) in [7, 11) is -3.24. The lowest BCUT2D eigenvalue weighted by molar-refractivity contribution is 0.340. The van der Waals surface area contributed by atoms with Crippen molar-refractivity contribution in [1.29, 1.82) is 0 Å². The molecule has 108 valence electrons. The van der Waals surface area contributed by atoms with Crippen LogP contribution in [0.15, 0.2) is 24.5 Å². The summed E-state index contributed by atoms with van der Waals surface area (Å²) >= 11 is 0. The topological polar surface area (TPSA) is 85.1 Å². The lowest BCUT2D eigenvalue weighted by Gasteiger charge is -2.24. The van der Waals surface area contributed by atoms with Crippen LogP contribution >= 0.6 is 0 Å². The Morgan fingerprint density at radius 2 is 1.95 bits per heavy atom. The number of hydrogen-bond donors (Lipinski definition) is 2. The predicted octanol–water partition coefficient (Wildman–Crippen LogP) is 0.919. The van der Waals surface area contributed by atoms with Gasteiger partial charge >= 0.3 is 0 Å². The standard InChI is InChI=1S/C13H23N3O2S/c1-13(2,6-7-14)11-16-19(17,18)10-5-12-3-8-15-9-4-12/h3-4,8-9,16H,5-7,10-11,14H2,1-2H3. The zero-order valence-electron chi connectivity index (χ0n) is 11.6. The fraction of sp³-hybridized carbons (Fsp3) is 0.615. The van der Waals surface area contributed by atoms with Gasteiger partial charge in [0.25, 0.3) is 0 Å². The van der Waals surface area contributed by atoms with Gasteiger partial charge in [-0.25, -0.2) is 13.1 Å². The summed E-state index contributed by atoms with van der Waals surface area (Å²) in [5.41, 5.74) is 6.37. The SMILES string of the molecule is CC(C)(CCN)CNS(=O)(=O)CCc1ccncc1. The van der Waals surface area contributed by atoms with Crippen LogP contribution in [-0.4, -0.2) is 32.2 Å². The monoisotopic (exact) mass is 285 g/mol. The number of aryl methyl sites for hydroxylation is 1. The lowest BCUT2D eigenvalue weighted by Crippen LogP contribution is -2.36. The van der Waals surface area contributed by atoms with Crippen molar-refractivity contribution in [3.63, 3.8) is 0 Å². The average Bonchev–Trinajstić information content (AvgIpc) is 2.36. The molecule has 5 nitrogen and oxygen atoms in total. The van der Waals surface area contributed by atoms with E-state index in [1.54, 1.807) is 12.4 Å². The number of aromatic nitrogens is 1. The number of hydrogen-bond acceptors (Lipinski definition) is 4. The van der Waals surface area contributed by atoms with E-state index in [0.29, 0.717) is 19.5 Å². The van der Waals surface area contributed by atoms with Gasteiger partial charge < -0.3 is 5.73 Å². The summed E-state index contributed by atoms with van der Waals surface area (Å²) in [6, 6.07) is 3.65. The van der Waals surface area contributed by atoms with Crippen LogP contribution in [0.25, 0.3) is 0 Å². The maximum absolute atomic E-state index is 11.9. The molecule has 19 heavy (non-hydrogen) atoms. The maximum Gasteiger partial charge on any atom is 0.211 e. The van der Waals surface area contributed by atoms with Crippen molar-refractivity contribution in [2.75, 3.05) is 18.8 Å². The van der Waals surface area contributed by atoms with Crippen molar-refractivity contribution in [2.24, 2.45) is 11.1 Å². The van der Waals surface area contributed by atoms with Crippen LogP contribution in [0.1, 0.15) is 25.8 Å². The summed E-state index contributed by atoms with van der Waals surface area (Å²) in [6.07, 6.45) is 4.62. The van der Waals surface area contributed by atoms with Crippen molar-refractivity contribution in [3.05, 3.63) is 30.1 Å². The molecule has 0 aliphatic rings. The van der Waals surface area contributed by atoms with Gasteiger partial charge in [-0.05, 0) is 42.5 Å². The van der Waals surface area contributed by atoms with Crippen LogP contribution in [0.3, 0.4) is 0 Å². The van der Waals surface area contributed by atoms with E-state index in [1.807, 2.05) is 26.0 Å². The Hall–Kier alpha value is -0.980. The molecule has 0 atom stereocenters. The van der Waals surface area contributed by atoms with Crippen molar-refractivity contribution >= 4 is 10.0 Å². The molecular weight excluding hydrogens is 262 g/mol. The second-order valence-electron chi connectivity index (χ2n) is 5.45. The van der Waals surface area contributed by atoms with Gasteiger partial charge in [-0.1, -0.05) is 13.8 Å². The molecule has 0 aromatic carbocycles. The van der Waals surface area contributed by atoms with E-state index in [1.165, 1.54) is 0 Å². The minimum Gasteiger partial charge on any atom is -0.330 e. The zero-order chi connectivity index (χ0) is 14.4. The van der Waals surface area contributed by atoms with E-state index < -0.39 is 10.0 Å². The van der Waals surface area contributed by atoms with Gasteiger partial charge in [-0.3, -0.25) is 4.98 Å². The van der Waals surface area contributed by atoms with Crippen molar-refractivity contribution in [1.82, 2.24) is 9.71 Å². The quantitative estimate of drug-likeness (QED) is 0.743. The molecule has 6 heteroatoms. The van der Waals surface area contributed by atoms with E-state index in [4.69, 9.17) is 5.73 Å². The van der Waals surface area contributed by atoms with Gasteiger partial charge in [0.1, 0.15) is 0 Å². The summed E-state index contributed by atoms with van der Waals surface area (Å²) in [4.78, 5) is 3.90. The van der Waals surface area contributed by atoms with E-state index in [0.717, 1.165) is 12.0 Å². The molecule has 1 rings (SSSR count). The zero-order valence-corrected chi connectivity index (χ0v) is 12.4.